The molecule has 1 fully saturated rings. The van der Waals surface area contributed by atoms with E-state index in [1.807, 2.05) is 0 Å². The van der Waals surface area contributed by atoms with Crippen molar-refractivity contribution in [3.63, 3.8) is 0 Å². The van der Waals surface area contributed by atoms with Crippen LogP contribution in [0.3, 0.4) is 0 Å². The highest BCUT2D eigenvalue weighted by atomic mass is 32.2. The first-order valence-electron chi connectivity index (χ1n) is 6.02. The van der Waals surface area contributed by atoms with Crippen molar-refractivity contribution in [3.8, 4) is 0 Å². The Kier molecular flexibility index (Phi) is 6.26. The second-order valence-electron chi connectivity index (χ2n) is 4.08. The van der Waals surface area contributed by atoms with Gasteiger partial charge in [-0.3, -0.25) is 0 Å². The monoisotopic (exact) mass is 250 g/mol. The Morgan fingerprint density at radius 2 is 1.88 bits per heavy atom. The van der Waals surface area contributed by atoms with Crippen molar-refractivity contribution >= 4 is 10.1 Å². The highest BCUT2D eigenvalue weighted by Crippen LogP contribution is 2.06. The van der Waals surface area contributed by atoms with Crippen molar-refractivity contribution in [2.45, 2.75) is 32.6 Å². The average molecular weight is 250 g/mol. The van der Waals surface area contributed by atoms with E-state index in [1.54, 1.807) is 0 Å². The van der Waals surface area contributed by atoms with Crippen molar-refractivity contribution in [3.05, 3.63) is 0 Å². The topological polar surface area (TPSA) is 58.6 Å². The van der Waals surface area contributed by atoms with E-state index in [9.17, 15) is 8.42 Å². The zero-order valence-electron chi connectivity index (χ0n) is 9.94. The number of hydrogen-bond acceptors (Lipinski definition) is 5. The van der Waals surface area contributed by atoms with Gasteiger partial charge in [-0.05, 0) is 6.42 Å². The van der Waals surface area contributed by atoms with Crippen LogP contribution in [-0.4, -0.2) is 45.4 Å². The smallest absolute Gasteiger partial charge is 0.283 e. The molecule has 5 nitrogen and oxygen atoms in total. The first kappa shape index (κ1) is 13.9. The molecule has 0 spiro atoms. The predicted octanol–water partition coefficient (Wildman–Crippen LogP) is 0.733. The molecule has 96 valence electrons. The highest BCUT2D eigenvalue weighted by molar-refractivity contribution is 7.86. The van der Waals surface area contributed by atoms with Gasteiger partial charge in [-0.1, -0.05) is 26.2 Å². The second-order valence-corrected chi connectivity index (χ2v) is 5.75. The number of rotatable bonds is 7. The van der Waals surface area contributed by atoms with Crippen LogP contribution in [-0.2, 0) is 14.4 Å². The minimum atomic E-state index is -3.36. The molecule has 1 aliphatic heterocycles. The van der Waals surface area contributed by atoms with Gasteiger partial charge >= 0.3 is 0 Å². The van der Waals surface area contributed by atoms with E-state index in [4.69, 9.17) is 4.28 Å². The standard InChI is InChI=1S/C10H22N2O3S/c1-2-3-4-5-10-16(13,14)15-12-8-6-11-7-9-12/h11H,2-10H2,1H3. The fourth-order valence-electron chi connectivity index (χ4n) is 1.62. The van der Waals surface area contributed by atoms with E-state index in [0.717, 1.165) is 32.4 Å². The lowest BCUT2D eigenvalue weighted by molar-refractivity contribution is -0.0596. The summed E-state index contributed by atoms with van der Waals surface area (Å²) < 4.78 is 28.2. The Balaban J connectivity index is 2.22. The predicted molar refractivity (Wildman–Crippen MR) is 63.5 cm³/mol. The summed E-state index contributed by atoms with van der Waals surface area (Å²) in [6.45, 7) is 4.94. The normalized spacial score (nSPS) is 18.8. The molecule has 0 amide bonds. The molecule has 0 aromatic rings. The van der Waals surface area contributed by atoms with Crippen LogP contribution >= 0.6 is 0 Å². The van der Waals surface area contributed by atoms with E-state index < -0.39 is 10.1 Å². The molecule has 0 unspecified atom stereocenters. The Morgan fingerprint density at radius 1 is 1.19 bits per heavy atom. The first-order chi connectivity index (χ1) is 7.64. The van der Waals surface area contributed by atoms with Gasteiger partial charge in [0, 0.05) is 26.2 Å². The fraction of sp³-hybridized carbons (Fsp3) is 1.00. The number of nitrogens with zero attached hydrogens (tertiary/aromatic N) is 1. The lowest BCUT2D eigenvalue weighted by atomic mass is 10.2. The summed E-state index contributed by atoms with van der Waals surface area (Å²) in [5, 5.41) is 4.68. The zero-order valence-corrected chi connectivity index (χ0v) is 10.8. The lowest BCUT2D eigenvalue weighted by Crippen LogP contribution is -2.44. The second kappa shape index (κ2) is 7.21. The molecule has 6 heteroatoms. The van der Waals surface area contributed by atoms with Gasteiger partial charge in [-0.25, -0.2) is 0 Å². The summed E-state index contributed by atoms with van der Waals surface area (Å²) in [4.78, 5) is 0. The third-order valence-corrected chi connectivity index (χ3v) is 3.77. The van der Waals surface area contributed by atoms with Crippen LogP contribution in [0.25, 0.3) is 0 Å². The molecule has 1 N–H and O–H groups in total. The quantitative estimate of drug-likeness (QED) is 0.675. The van der Waals surface area contributed by atoms with Gasteiger partial charge in [-0.2, -0.15) is 17.8 Å². The van der Waals surface area contributed by atoms with Crippen molar-refractivity contribution in [2.75, 3.05) is 31.9 Å². The minimum absolute atomic E-state index is 0.136. The van der Waals surface area contributed by atoms with E-state index >= 15 is 0 Å². The van der Waals surface area contributed by atoms with Crippen LogP contribution in [0, 0.1) is 0 Å². The number of unbranched alkanes of at least 4 members (excludes halogenated alkanes) is 3. The Labute approximate surface area is 98.2 Å². The molecule has 1 saturated heterocycles. The largest absolute Gasteiger partial charge is 0.314 e. The molecule has 0 bridgehead atoms. The third-order valence-electron chi connectivity index (χ3n) is 2.54. The molecule has 1 rings (SSSR count). The van der Waals surface area contributed by atoms with Gasteiger partial charge in [0.15, 0.2) is 0 Å². The molecule has 16 heavy (non-hydrogen) atoms. The Morgan fingerprint density at radius 3 is 2.50 bits per heavy atom. The summed E-state index contributed by atoms with van der Waals surface area (Å²) >= 11 is 0. The van der Waals surface area contributed by atoms with Crippen LogP contribution in [0.1, 0.15) is 32.6 Å². The molecule has 0 aromatic carbocycles. The van der Waals surface area contributed by atoms with Crippen LogP contribution in [0.4, 0.5) is 0 Å². The van der Waals surface area contributed by atoms with Crippen molar-refractivity contribution in [2.24, 2.45) is 0 Å². The maximum absolute atomic E-state index is 11.6. The summed E-state index contributed by atoms with van der Waals surface area (Å²) in [7, 11) is -3.36. The maximum Gasteiger partial charge on any atom is 0.283 e. The van der Waals surface area contributed by atoms with Gasteiger partial charge in [0.2, 0.25) is 0 Å². The number of hydroxylamine groups is 2. The highest BCUT2D eigenvalue weighted by Gasteiger charge is 2.18. The number of hydrogen-bond donors (Lipinski definition) is 1. The third kappa shape index (κ3) is 5.79. The van der Waals surface area contributed by atoms with Crippen LogP contribution < -0.4 is 5.32 Å². The van der Waals surface area contributed by atoms with Crippen molar-refractivity contribution < 1.29 is 12.7 Å². The van der Waals surface area contributed by atoms with Gasteiger partial charge in [0.05, 0.1) is 5.75 Å². The first-order valence-corrected chi connectivity index (χ1v) is 7.60. The Hall–Kier alpha value is -0.170. The van der Waals surface area contributed by atoms with E-state index in [0.29, 0.717) is 19.5 Å². The summed E-state index contributed by atoms with van der Waals surface area (Å²) in [5.74, 6) is 0.136. The van der Waals surface area contributed by atoms with Gasteiger partial charge in [0.25, 0.3) is 10.1 Å². The maximum atomic E-state index is 11.6. The lowest BCUT2D eigenvalue weighted by Gasteiger charge is -2.25. The van der Waals surface area contributed by atoms with Gasteiger partial charge < -0.3 is 5.32 Å². The molecule has 0 saturated carbocycles. The molecular formula is C10H22N2O3S. The van der Waals surface area contributed by atoms with E-state index in [2.05, 4.69) is 12.2 Å². The molecule has 1 aliphatic rings. The van der Waals surface area contributed by atoms with Gasteiger partial charge in [-0.15, -0.1) is 0 Å². The zero-order chi connectivity index (χ0) is 11.9. The molecular weight excluding hydrogens is 228 g/mol. The van der Waals surface area contributed by atoms with Gasteiger partial charge in [0.1, 0.15) is 0 Å². The number of piperazine rings is 1. The molecule has 0 aliphatic carbocycles. The van der Waals surface area contributed by atoms with Crippen LogP contribution in [0.15, 0.2) is 0 Å². The minimum Gasteiger partial charge on any atom is -0.314 e. The van der Waals surface area contributed by atoms with E-state index in [-0.39, 0.29) is 5.75 Å². The van der Waals surface area contributed by atoms with Crippen LogP contribution in [0.2, 0.25) is 0 Å². The van der Waals surface area contributed by atoms with Crippen LogP contribution in [0.5, 0.6) is 0 Å². The Bertz CT molecular complexity index is 274. The SMILES string of the molecule is CCCCCCS(=O)(=O)ON1CCNCC1. The summed E-state index contributed by atoms with van der Waals surface area (Å²) in [6.07, 6.45) is 3.85. The molecule has 1 heterocycles. The average Bonchev–Trinajstić information content (AvgIpc) is 2.25. The van der Waals surface area contributed by atoms with Crippen molar-refractivity contribution in [1.82, 2.24) is 10.4 Å². The number of nitrogens with one attached hydrogen (secondary N) is 1. The summed E-state index contributed by atoms with van der Waals surface area (Å²) in [5.41, 5.74) is 0. The molecule has 0 radical (unpaired) electrons. The molecule has 0 aromatic heterocycles. The van der Waals surface area contributed by atoms with E-state index in [1.165, 1.54) is 5.06 Å². The van der Waals surface area contributed by atoms with Crippen molar-refractivity contribution in [1.29, 1.82) is 0 Å². The summed E-state index contributed by atoms with van der Waals surface area (Å²) in [6, 6.07) is 0. The fourth-order valence-corrected chi connectivity index (χ4v) is 2.72. The molecule has 0 atom stereocenters.